The van der Waals surface area contributed by atoms with Crippen molar-refractivity contribution in [2.75, 3.05) is 18.5 Å². The third-order valence-electron chi connectivity index (χ3n) is 3.58. The molecule has 2 aromatic rings. The molecule has 0 atom stereocenters. The third kappa shape index (κ3) is 3.94. The number of nitrogens with zero attached hydrogens (tertiary/aromatic N) is 2. The molecule has 1 amide bonds. The van der Waals surface area contributed by atoms with Crippen molar-refractivity contribution in [1.82, 2.24) is 4.57 Å². The van der Waals surface area contributed by atoms with Crippen molar-refractivity contribution >= 4 is 17.3 Å². The standard InChI is InChI=1S/C16H15N3O6/c20-15(5-6-18-10-12(19(22)23)2-4-16(18)21)17-11-1-3-13-14(9-11)25-8-7-24-13/h1-4,9-10H,5-8H2,(H,17,20). The van der Waals surface area contributed by atoms with E-state index in [0.29, 0.717) is 30.4 Å². The number of nitro groups is 1. The zero-order valence-electron chi connectivity index (χ0n) is 13.1. The number of benzene rings is 1. The van der Waals surface area contributed by atoms with E-state index >= 15 is 0 Å². The van der Waals surface area contributed by atoms with Crippen LogP contribution in [0, 0.1) is 10.1 Å². The molecule has 1 aromatic heterocycles. The molecule has 0 aliphatic carbocycles. The molecule has 3 rings (SSSR count). The molecule has 1 N–H and O–H groups in total. The molecule has 0 spiro atoms. The predicted molar refractivity (Wildman–Crippen MR) is 88.0 cm³/mol. The first-order chi connectivity index (χ1) is 12.0. The molecule has 0 unspecified atom stereocenters. The topological polar surface area (TPSA) is 113 Å². The minimum atomic E-state index is -0.592. The first-order valence-corrected chi connectivity index (χ1v) is 7.57. The minimum absolute atomic E-state index is 0.00445. The van der Waals surface area contributed by atoms with Crippen molar-refractivity contribution in [3.63, 3.8) is 0 Å². The highest BCUT2D eigenvalue weighted by atomic mass is 16.6. The summed E-state index contributed by atoms with van der Waals surface area (Å²) < 4.78 is 12.0. The number of aromatic nitrogens is 1. The van der Waals surface area contributed by atoms with E-state index in [9.17, 15) is 19.7 Å². The molecule has 0 bridgehead atoms. The van der Waals surface area contributed by atoms with Crippen LogP contribution in [0.5, 0.6) is 11.5 Å². The molecular formula is C16H15N3O6. The van der Waals surface area contributed by atoms with Gasteiger partial charge >= 0.3 is 0 Å². The third-order valence-corrected chi connectivity index (χ3v) is 3.58. The van der Waals surface area contributed by atoms with Crippen LogP contribution in [0.3, 0.4) is 0 Å². The Kier molecular flexibility index (Phi) is 4.64. The van der Waals surface area contributed by atoms with Gasteiger partial charge in [-0.2, -0.15) is 0 Å². The zero-order chi connectivity index (χ0) is 17.8. The largest absolute Gasteiger partial charge is 0.486 e. The Hall–Kier alpha value is -3.36. The number of ether oxygens (including phenoxy) is 2. The van der Waals surface area contributed by atoms with Crippen LogP contribution < -0.4 is 20.3 Å². The summed E-state index contributed by atoms with van der Waals surface area (Å²) >= 11 is 0. The first kappa shape index (κ1) is 16.5. The van der Waals surface area contributed by atoms with E-state index in [-0.39, 0.29) is 24.6 Å². The van der Waals surface area contributed by atoms with Gasteiger partial charge in [0.1, 0.15) is 13.2 Å². The second-order valence-electron chi connectivity index (χ2n) is 5.33. The van der Waals surface area contributed by atoms with Crippen molar-refractivity contribution in [3.8, 4) is 11.5 Å². The fourth-order valence-electron chi connectivity index (χ4n) is 2.37. The number of carbonyl (C=O) groups is 1. The molecule has 2 heterocycles. The molecule has 0 fully saturated rings. The van der Waals surface area contributed by atoms with E-state index in [1.54, 1.807) is 18.2 Å². The maximum Gasteiger partial charge on any atom is 0.285 e. The van der Waals surface area contributed by atoms with Gasteiger partial charge in [0, 0.05) is 36.9 Å². The molecular weight excluding hydrogens is 330 g/mol. The van der Waals surface area contributed by atoms with E-state index in [1.165, 1.54) is 0 Å². The van der Waals surface area contributed by atoms with Crippen LogP contribution in [0.2, 0.25) is 0 Å². The number of hydrogen-bond donors (Lipinski definition) is 1. The summed E-state index contributed by atoms with van der Waals surface area (Å²) in [5, 5.41) is 13.4. The van der Waals surface area contributed by atoms with E-state index in [2.05, 4.69) is 5.32 Å². The van der Waals surface area contributed by atoms with Crippen LogP contribution in [0.25, 0.3) is 0 Å². The Morgan fingerprint density at radius 1 is 1.20 bits per heavy atom. The van der Waals surface area contributed by atoms with Crippen LogP contribution >= 0.6 is 0 Å². The van der Waals surface area contributed by atoms with Gasteiger partial charge in [0.15, 0.2) is 11.5 Å². The summed E-state index contributed by atoms with van der Waals surface area (Å²) in [7, 11) is 0. The number of nitrogens with one attached hydrogen (secondary N) is 1. The fraction of sp³-hybridized carbons (Fsp3) is 0.250. The lowest BCUT2D eigenvalue weighted by molar-refractivity contribution is -0.385. The average Bonchev–Trinajstić information content (AvgIpc) is 2.60. The summed E-state index contributed by atoms with van der Waals surface area (Å²) in [5.41, 5.74) is -0.0646. The number of rotatable bonds is 5. The fourth-order valence-corrected chi connectivity index (χ4v) is 2.37. The van der Waals surface area contributed by atoms with Gasteiger partial charge in [-0.25, -0.2) is 0 Å². The maximum atomic E-state index is 12.1. The molecule has 9 heteroatoms. The smallest absolute Gasteiger partial charge is 0.285 e. The molecule has 9 nitrogen and oxygen atoms in total. The number of anilines is 1. The van der Waals surface area contributed by atoms with Crippen LogP contribution in [-0.4, -0.2) is 28.6 Å². The van der Waals surface area contributed by atoms with Crippen molar-refractivity contribution in [2.45, 2.75) is 13.0 Å². The first-order valence-electron chi connectivity index (χ1n) is 7.57. The number of hydrogen-bond acceptors (Lipinski definition) is 6. The molecule has 0 radical (unpaired) electrons. The van der Waals surface area contributed by atoms with Gasteiger partial charge in [-0.05, 0) is 12.1 Å². The Morgan fingerprint density at radius 2 is 1.96 bits per heavy atom. The van der Waals surface area contributed by atoms with Gasteiger partial charge in [-0.3, -0.25) is 19.7 Å². The summed E-state index contributed by atoms with van der Waals surface area (Å²) in [6, 6.07) is 7.29. The van der Waals surface area contributed by atoms with Gasteiger partial charge in [0.25, 0.3) is 11.2 Å². The molecule has 0 saturated carbocycles. The highest BCUT2D eigenvalue weighted by Crippen LogP contribution is 2.32. The number of fused-ring (bicyclic) bond motifs is 1. The quantitative estimate of drug-likeness (QED) is 0.650. The highest BCUT2D eigenvalue weighted by molar-refractivity contribution is 5.91. The Balaban J connectivity index is 1.63. The van der Waals surface area contributed by atoms with Crippen LogP contribution in [-0.2, 0) is 11.3 Å². The maximum absolute atomic E-state index is 12.1. The molecule has 1 aromatic carbocycles. The van der Waals surface area contributed by atoms with E-state index < -0.39 is 10.5 Å². The molecule has 1 aliphatic heterocycles. The Bertz CT molecular complexity index is 876. The van der Waals surface area contributed by atoms with Crippen molar-refractivity contribution in [1.29, 1.82) is 0 Å². The van der Waals surface area contributed by atoms with Gasteiger partial charge in [-0.1, -0.05) is 0 Å². The summed E-state index contributed by atoms with van der Waals surface area (Å²) in [4.78, 5) is 33.9. The van der Waals surface area contributed by atoms with Gasteiger partial charge < -0.3 is 19.4 Å². The van der Waals surface area contributed by atoms with Crippen molar-refractivity contribution in [2.24, 2.45) is 0 Å². The highest BCUT2D eigenvalue weighted by Gasteiger charge is 2.13. The van der Waals surface area contributed by atoms with Crippen molar-refractivity contribution < 1.29 is 19.2 Å². The lowest BCUT2D eigenvalue weighted by Crippen LogP contribution is -2.22. The lowest BCUT2D eigenvalue weighted by atomic mass is 10.2. The molecule has 1 aliphatic rings. The summed E-state index contributed by atoms with van der Waals surface area (Å²) in [6.07, 6.45) is 1.12. The normalized spacial score (nSPS) is 12.5. The number of aryl methyl sites for hydroxylation is 1. The summed E-state index contributed by atoms with van der Waals surface area (Å²) in [5.74, 6) is 0.849. The second-order valence-corrected chi connectivity index (χ2v) is 5.33. The number of carbonyl (C=O) groups excluding carboxylic acids is 1. The van der Waals surface area contributed by atoms with Gasteiger partial charge in [0.05, 0.1) is 11.1 Å². The summed E-state index contributed by atoms with van der Waals surface area (Å²) in [6.45, 7) is 0.966. The Morgan fingerprint density at radius 3 is 2.72 bits per heavy atom. The number of amides is 1. The molecule has 130 valence electrons. The van der Waals surface area contributed by atoms with E-state index in [1.807, 2.05) is 0 Å². The average molecular weight is 345 g/mol. The Labute approximate surface area is 141 Å². The van der Waals surface area contributed by atoms with Crippen LogP contribution in [0.4, 0.5) is 11.4 Å². The molecule has 0 saturated heterocycles. The molecule has 25 heavy (non-hydrogen) atoms. The minimum Gasteiger partial charge on any atom is -0.486 e. The zero-order valence-corrected chi connectivity index (χ0v) is 13.1. The van der Waals surface area contributed by atoms with E-state index in [0.717, 1.165) is 22.9 Å². The second kappa shape index (κ2) is 7.04. The van der Waals surface area contributed by atoms with E-state index in [4.69, 9.17) is 9.47 Å². The van der Waals surface area contributed by atoms with Crippen LogP contribution in [0.1, 0.15) is 6.42 Å². The lowest BCUT2D eigenvalue weighted by Gasteiger charge is -2.19. The SMILES string of the molecule is O=C(CCn1cc([N+](=O)[O-])ccc1=O)Nc1ccc2c(c1)OCCO2. The van der Waals surface area contributed by atoms with Crippen molar-refractivity contribution in [3.05, 3.63) is 57.0 Å². The predicted octanol–water partition coefficient (Wildman–Crippen LogP) is 1.56. The monoisotopic (exact) mass is 345 g/mol. The van der Waals surface area contributed by atoms with Gasteiger partial charge in [0.2, 0.25) is 5.91 Å². The number of pyridine rings is 1. The van der Waals surface area contributed by atoms with Gasteiger partial charge in [-0.15, -0.1) is 0 Å². The van der Waals surface area contributed by atoms with Crippen LogP contribution in [0.15, 0.2) is 41.3 Å².